The molecule has 6 aromatic carbocycles. The van der Waals surface area contributed by atoms with Gasteiger partial charge in [0.25, 0.3) is 0 Å². The van der Waals surface area contributed by atoms with E-state index in [-0.39, 0.29) is 57.1 Å². The van der Waals surface area contributed by atoms with E-state index in [0.717, 1.165) is 22.6 Å². The van der Waals surface area contributed by atoms with E-state index in [1.165, 1.54) is 24.6 Å². The van der Waals surface area contributed by atoms with Gasteiger partial charge in [-0.05, 0) is 91.9 Å². The molecule has 0 heterocycles. The van der Waals surface area contributed by atoms with Gasteiger partial charge in [-0.1, -0.05) is 64.1 Å². The van der Waals surface area contributed by atoms with Gasteiger partial charge in [0.1, 0.15) is 57.5 Å². The van der Waals surface area contributed by atoms with E-state index in [1.807, 2.05) is 83.1 Å². The molecule has 4 N–H and O–H groups in total. The summed E-state index contributed by atoms with van der Waals surface area (Å²) >= 11 is 0. The van der Waals surface area contributed by atoms with Crippen molar-refractivity contribution in [3.8, 4) is 57.5 Å². The molecule has 384 valence electrons. The number of benzene rings is 6. The number of ether oxygens (including phenoxy) is 6. The Kier molecular flexibility index (Phi) is 32.5. The number of rotatable bonds is 16. The van der Waals surface area contributed by atoms with Crippen LogP contribution in [-0.2, 0) is 40.7 Å². The Morgan fingerprint density at radius 1 is 0.429 bits per heavy atom. The van der Waals surface area contributed by atoms with Crippen LogP contribution in [0.15, 0.2) is 141 Å². The fourth-order valence-corrected chi connectivity index (χ4v) is 5.70. The van der Waals surface area contributed by atoms with Crippen molar-refractivity contribution >= 4 is 24.9 Å². The van der Waals surface area contributed by atoms with Gasteiger partial charge in [-0.3, -0.25) is 20.0 Å². The number of phenols is 4. The van der Waals surface area contributed by atoms with E-state index in [2.05, 4.69) is 20.0 Å². The Hall–Kier alpha value is -6.96. The van der Waals surface area contributed by atoms with Gasteiger partial charge in [0.15, 0.2) is 6.17 Å². The van der Waals surface area contributed by atoms with E-state index in [4.69, 9.17) is 28.4 Å². The molecule has 0 aromatic heterocycles. The van der Waals surface area contributed by atoms with Crippen molar-refractivity contribution in [2.45, 2.75) is 47.3 Å². The third kappa shape index (κ3) is 20.7. The number of nitrogens with zero attached hydrogens (tertiary/aromatic N) is 4. The van der Waals surface area contributed by atoms with Gasteiger partial charge in [0.05, 0.1) is 49.2 Å². The zero-order chi connectivity index (χ0) is 50.3. The normalized spacial score (nSPS) is 10.2. The predicted molar refractivity (Wildman–Crippen MR) is 275 cm³/mol. The smallest absolute Gasteiger partial charge is 0.168 e. The quantitative estimate of drug-likeness (QED) is 0.0537. The monoisotopic (exact) mass is 1060 g/mol. The van der Waals surface area contributed by atoms with E-state index in [1.54, 1.807) is 116 Å². The predicted octanol–water partition coefficient (Wildman–Crippen LogP) is 11.3. The van der Waals surface area contributed by atoms with Gasteiger partial charge in [0, 0.05) is 98.9 Å². The van der Waals surface area contributed by atoms with Crippen molar-refractivity contribution in [1.82, 2.24) is 0 Å². The summed E-state index contributed by atoms with van der Waals surface area (Å²) in [6, 6.07) is 34.9. The summed E-state index contributed by atoms with van der Waals surface area (Å²) in [5.74, 6) is 4.54. The Labute approximate surface area is 434 Å². The first-order valence-corrected chi connectivity index (χ1v) is 21.9. The van der Waals surface area contributed by atoms with Crippen LogP contribution in [0.4, 0.5) is 0 Å². The van der Waals surface area contributed by atoms with Gasteiger partial charge in [-0.15, -0.1) is 0 Å². The molecule has 0 aliphatic heterocycles. The molecule has 0 aliphatic carbocycles. The topological polar surface area (TPSA) is 186 Å². The summed E-state index contributed by atoms with van der Waals surface area (Å²) in [7, 11) is 9.49. The zero-order valence-corrected chi connectivity index (χ0v) is 43.4. The third-order valence-corrected chi connectivity index (χ3v) is 9.16. The van der Waals surface area contributed by atoms with Crippen LogP contribution >= 0.6 is 0 Å². The van der Waals surface area contributed by atoms with Crippen LogP contribution in [0.1, 0.15) is 74.2 Å². The van der Waals surface area contributed by atoms with Gasteiger partial charge >= 0.3 is 0 Å². The fourth-order valence-electron chi connectivity index (χ4n) is 5.70. The van der Waals surface area contributed by atoms with Crippen LogP contribution in [0.2, 0.25) is 0 Å². The molecule has 16 heteroatoms. The molecule has 0 unspecified atom stereocenters. The Morgan fingerprint density at radius 2 is 0.771 bits per heavy atom. The van der Waals surface area contributed by atoms with E-state index >= 15 is 0 Å². The average molecular weight is 1060 g/mol. The van der Waals surface area contributed by atoms with Gasteiger partial charge in [-0.25, -0.2) is 0 Å². The molecule has 70 heavy (non-hydrogen) atoms. The molecule has 14 nitrogen and oxygen atoms in total. The maximum absolute atomic E-state index is 10.2. The average Bonchev–Trinajstić information content (AvgIpc) is 3.39. The van der Waals surface area contributed by atoms with Crippen LogP contribution < -0.4 is 28.4 Å². The first-order valence-electron chi connectivity index (χ1n) is 21.9. The van der Waals surface area contributed by atoms with Crippen molar-refractivity contribution in [2.24, 2.45) is 20.0 Å². The number of methoxy groups -OCH3 is 6. The summed E-state index contributed by atoms with van der Waals surface area (Å²) in [5.41, 5.74) is 3.99. The van der Waals surface area contributed by atoms with E-state index in [9.17, 15) is 20.4 Å². The van der Waals surface area contributed by atoms with E-state index < -0.39 is 6.17 Å². The third-order valence-electron chi connectivity index (χ3n) is 9.16. The Morgan fingerprint density at radius 3 is 1.14 bits per heavy atom. The molecule has 0 saturated heterocycles. The molecule has 0 bridgehead atoms. The van der Waals surface area contributed by atoms with Crippen molar-refractivity contribution in [1.29, 1.82) is 0 Å². The second-order valence-corrected chi connectivity index (χ2v) is 13.3. The molecule has 2 radical (unpaired) electrons. The van der Waals surface area contributed by atoms with Crippen molar-refractivity contribution in [3.63, 3.8) is 0 Å². The molecule has 0 spiro atoms. The van der Waals surface area contributed by atoms with Crippen LogP contribution in [0.5, 0.6) is 57.5 Å². The Balaban J connectivity index is 0.00000105. The summed E-state index contributed by atoms with van der Waals surface area (Å²) in [6.45, 7) is 11.1. The molecule has 0 amide bonds. The zero-order valence-electron chi connectivity index (χ0n) is 41.5. The minimum absolute atomic E-state index is 0. The minimum atomic E-state index is -0.688. The Bertz CT molecular complexity index is 2470. The standard InChI is InChI=1S/C24H24N2O5.C16H17NO3.C10H13NO2.2C2H6.2Cu/c1-29-18-8-10-21(27)16(12-18)14-25-24(20-6-4-5-7-23(20)31-3)26-15-17-13-19(30-2)9-11-22(17)28;1-19-14-7-8-15(18)13(9-14)11-17-10-12-5-3-4-6-16(12)20-2;1-3-11-7-8-6-9(13-2)4-5-10(8)12;2*1-2;;/h4-15,24,27-28H,1-3H3;3-9,11,18H,10H2,1-2H3;4-7,12H,3H2,1-2H3;2*1-2H3;;/b25-14+,26-15+;;;;;;. The SMILES string of the molecule is CC.CC.CCN=Cc1cc(OC)ccc1O.COc1ccc(O)c(/C=N/C(/N=C/c2cc(OC)ccc2O)c2ccccc2OC)c1.COc1ccc(O)c(C=NCc2ccccc2OC)c1.[Cu].[Cu]. The molecule has 0 saturated carbocycles. The number of hydrogen-bond donors (Lipinski definition) is 4. The van der Waals surface area contributed by atoms with Crippen molar-refractivity contribution in [3.05, 3.63) is 155 Å². The minimum Gasteiger partial charge on any atom is -0.507 e. The first-order chi connectivity index (χ1) is 33.1. The molecule has 6 aromatic rings. The summed E-state index contributed by atoms with van der Waals surface area (Å²) in [4.78, 5) is 17.5. The van der Waals surface area contributed by atoms with Crippen molar-refractivity contribution in [2.75, 3.05) is 49.2 Å². The number of para-hydroxylation sites is 2. The molecular formula is C54H66Cu2N4O10. The maximum atomic E-state index is 10.2. The van der Waals surface area contributed by atoms with E-state index in [0.29, 0.717) is 58.3 Å². The van der Waals surface area contributed by atoms with Gasteiger partial charge in [-0.2, -0.15) is 0 Å². The van der Waals surface area contributed by atoms with Crippen LogP contribution in [0.3, 0.4) is 0 Å². The maximum Gasteiger partial charge on any atom is 0.168 e. The molecule has 0 fully saturated rings. The second-order valence-electron chi connectivity index (χ2n) is 13.3. The number of phenolic OH excluding ortho intramolecular Hbond substituents is 4. The number of aliphatic imine (C=N–C) groups is 4. The summed E-state index contributed by atoms with van der Waals surface area (Å²) < 4.78 is 31.3. The van der Waals surface area contributed by atoms with Gasteiger partial charge in [0.2, 0.25) is 0 Å². The fraction of sp³-hybridized carbons (Fsp3) is 0.259. The number of hydrogen-bond acceptors (Lipinski definition) is 14. The molecule has 6 rings (SSSR count). The van der Waals surface area contributed by atoms with Crippen LogP contribution in [-0.4, -0.2) is 94.5 Å². The van der Waals surface area contributed by atoms with Crippen molar-refractivity contribution < 1.29 is 83.0 Å². The second kappa shape index (κ2) is 36.1. The summed E-state index contributed by atoms with van der Waals surface area (Å²) in [5, 5.41) is 39.5. The van der Waals surface area contributed by atoms with Gasteiger partial charge < -0.3 is 48.8 Å². The largest absolute Gasteiger partial charge is 0.507 e. The number of aromatic hydroxyl groups is 4. The summed E-state index contributed by atoms with van der Waals surface area (Å²) in [6.07, 6.45) is 5.63. The van der Waals surface area contributed by atoms with Crippen LogP contribution in [0.25, 0.3) is 0 Å². The first kappa shape index (κ1) is 63.0. The molecular weight excluding hydrogens is 992 g/mol. The molecule has 0 aliphatic rings. The molecule has 0 atom stereocenters. The van der Waals surface area contributed by atoms with Crippen LogP contribution in [0, 0.1) is 0 Å².